The normalized spacial score (nSPS) is 16.2. The van der Waals surface area contributed by atoms with Gasteiger partial charge in [-0.2, -0.15) is 0 Å². The maximum Gasteiger partial charge on any atom is 0.317 e. The van der Waals surface area contributed by atoms with Crippen LogP contribution in [-0.2, 0) is 4.79 Å². The van der Waals surface area contributed by atoms with Crippen molar-refractivity contribution < 1.29 is 14.7 Å². The molecule has 0 bridgehead atoms. The number of nitrogens with zero attached hydrogens (tertiary/aromatic N) is 2. The van der Waals surface area contributed by atoms with E-state index in [0.29, 0.717) is 25.7 Å². The van der Waals surface area contributed by atoms with Gasteiger partial charge in [0.1, 0.15) is 0 Å². The predicted octanol–water partition coefficient (Wildman–Crippen LogP) is 0.0526. The molecule has 6 heteroatoms. The van der Waals surface area contributed by atoms with Crippen LogP contribution in [0.3, 0.4) is 0 Å². The highest BCUT2D eigenvalue weighted by Gasteiger charge is 2.35. The third-order valence-corrected chi connectivity index (χ3v) is 3.14. The summed E-state index contributed by atoms with van der Waals surface area (Å²) in [7, 11) is 2.00. The van der Waals surface area contributed by atoms with Gasteiger partial charge in [-0.3, -0.25) is 4.79 Å². The molecule has 2 amide bonds. The third-order valence-electron chi connectivity index (χ3n) is 3.14. The van der Waals surface area contributed by atoms with Crippen molar-refractivity contribution in [3.63, 3.8) is 0 Å². The average molecular weight is 243 g/mol. The zero-order chi connectivity index (χ0) is 13.0. The number of carboxylic acid groups (broad SMARTS) is 1. The zero-order valence-corrected chi connectivity index (χ0v) is 10.6. The van der Waals surface area contributed by atoms with Gasteiger partial charge in [0.15, 0.2) is 0 Å². The van der Waals surface area contributed by atoms with Crippen molar-refractivity contribution in [3.05, 3.63) is 0 Å². The van der Waals surface area contributed by atoms with Crippen molar-refractivity contribution in [2.24, 2.45) is 5.92 Å². The van der Waals surface area contributed by atoms with Gasteiger partial charge in [-0.15, -0.1) is 0 Å². The lowest BCUT2D eigenvalue weighted by atomic mass is 10.0. The van der Waals surface area contributed by atoms with Crippen molar-refractivity contribution in [1.82, 2.24) is 15.1 Å². The molecular formula is C11H21N3O3. The molecule has 2 N–H and O–H groups in total. The number of nitrogens with one attached hydrogen (secondary N) is 1. The first-order valence-electron chi connectivity index (χ1n) is 5.87. The van der Waals surface area contributed by atoms with Crippen molar-refractivity contribution >= 4 is 12.0 Å². The van der Waals surface area contributed by atoms with E-state index in [1.165, 1.54) is 4.90 Å². The largest absolute Gasteiger partial charge is 0.481 e. The molecule has 6 nitrogen and oxygen atoms in total. The van der Waals surface area contributed by atoms with Crippen molar-refractivity contribution in [1.29, 1.82) is 0 Å². The van der Waals surface area contributed by atoms with E-state index in [1.807, 2.05) is 7.05 Å². The molecule has 0 unspecified atom stereocenters. The van der Waals surface area contributed by atoms with Crippen molar-refractivity contribution in [2.75, 3.05) is 33.2 Å². The van der Waals surface area contributed by atoms with E-state index in [0.717, 1.165) is 6.54 Å². The molecule has 1 aliphatic rings. The van der Waals surface area contributed by atoms with Crippen LogP contribution in [0.25, 0.3) is 0 Å². The first-order valence-corrected chi connectivity index (χ1v) is 5.87. The first-order chi connectivity index (χ1) is 7.91. The van der Waals surface area contributed by atoms with Gasteiger partial charge in [0, 0.05) is 32.2 Å². The Bertz CT molecular complexity index is 288. The summed E-state index contributed by atoms with van der Waals surface area (Å²) in [5, 5.41) is 11.5. The van der Waals surface area contributed by atoms with Crippen molar-refractivity contribution in [3.8, 4) is 0 Å². The summed E-state index contributed by atoms with van der Waals surface area (Å²) >= 11 is 0. The van der Waals surface area contributed by atoms with E-state index in [2.05, 4.69) is 24.1 Å². The van der Waals surface area contributed by atoms with E-state index in [1.54, 1.807) is 0 Å². The van der Waals surface area contributed by atoms with Gasteiger partial charge in [-0.05, 0) is 20.9 Å². The fourth-order valence-corrected chi connectivity index (χ4v) is 1.51. The molecule has 0 aliphatic carbocycles. The van der Waals surface area contributed by atoms with Crippen LogP contribution in [0.2, 0.25) is 0 Å². The highest BCUT2D eigenvalue weighted by atomic mass is 16.4. The quantitative estimate of drug-likeness (QED) is 0.716. The standard InChI is InChI=1S/C11H21N3O3/c1-8(2)13(3)5-4-12-11(17)14-6-9(7-14)10(15)16/h8-9H,4-7H2,1-3H3,(H,12,17)(H,15,16). The summed E-state index contributed by atoms with van der Waals surface area (Å²) in [6.45, 7) is 6.20. The van der Waals surface area contributed by atoms with Crippen LogP contribution < -0.4 is 5.32 Å². The summed E-state index contributed by atoms with van der Waals surface area (Å²) in [6, 6.07) is 0.284. The first kappa shape index (κ1) is 13.8. The number of likely N-dealkylation sites (N-methyl/N-ethyl adjacent to an activating group) is 1. The molecule has 1 fully saturated rings. The third kappa shape index (κ3) is 3.89. The van der Waals surface area contributed by atoms with Crippen LogP contribution in [0.4, 0.5) is 4.79 Å². The van der Waals surface area contributed by atoms with Crippen molar-refractivity contribution in [2.45, 2.75) is 19.9 Å². The molecule has 0 aromatic rings. The van der Waals surface area contributed by atoms with Crippen LogP contribution in [0, 0.1) is 5.92 Å². The Hall–Kier alpha value is -1.30. The average Bonchev–Trinajstić information content (AvgIpc) is 2.14. The molecular weight excluding hydrogens is 222 g/mol. The Morgan fingerprint density at radius 2 is 2.06 bits per heavy atom. The SMILES string of the molecule is CC(C)N(C)CCNC(=O)N1CC(C(=O)O)C1. The second-order valence-corrected chi connectivity index (χ2v) is 4.75. The second-order valence-electron chi connectivity index (χ2n) is 4.75. The number of carboxylic acids is 1. The van der Waals surface area contributed by atoms with Crippen LogP contribution in [-0.4, -0.2) is 66.2 Å². The van der Waals surface area contributed by atoms with E-state index < -0.39 is 5.97 Å². The Kier molecular flexibility index (Phi) is 4.74. The van der Waals surface area contributed by atoms with Gasteiger partial charge in [0.05, 0.1) is 5.92 Å². The molecule has 0 aromatic carbocycles. The Morgan fingerprint density at radius 1 is 1.47 bits per heavy atom. The minimum Gasteiger partial charge on any atom is -0.481 e. The molecule has 0 spiro atoms. The second kappa shape index (κ2) is 5.86. The number of likely N-dealkylation sites (tertiary alicyclic amines) is 1. The van der Waals surface area contributed by atoms with Gasteiger partial charge in [0.2, 0.25) is 0 Å². The fraction of sp³-hybridized carbons (Fsp3) is 0.818. The van der Waals surface area contributed by atoms with Gasteiger partial charge < -0.3 is 20.2 Å². The van der Waals surface area contributed by atoms with E-state index in [4.69, 9.17) is 5.11 Å². The molecule has 0 atom stereocenters. The monoisotopic (exact) mass is 243 g/mol. The molecule has 1 rings (SSSR count). The summed E-state index contributed by atoms with van der Waals surface area (Å²) in [4.78, 5) is 25.8. The molecule has 1 aliphatic heterocycles. The number of urea groups is 1. The molecule has 98 valence electrons. The van der Waals surface area contributed by atoms with Crippen LogP contribution in [0.5, 0.6) is 0 Å². The number of hydrogen-bond acceptors (Lipinski definition) is 3. The number of carbonyl (C=O) groups is 2. The molecule has 0 saturated carbocycles. The predicted molar refractivity (Wildman–Crippen MR) is 63.9 cm³/mol. The highest BCUT2D eigenvalue weighted by Crippen LogP contribution is 2.14. The zero-order valence-electron chi connectivity index (χ0n) is 10.6. The minimum absolute atomic E-state index is 0.167. The molecule has 1 heterocycles. The number of aliphatic carboxylic acids is 1. The van der Waals surface area contributed by atoms with Crippen LogP contribution in [0.15, 0.2) is 0 Å². The Balaban J connectivity index is 2.13. The maximum atomic E-state index is 11.5. The highest BCUT2D eigenvalue weighted by molar-refractivity contribution is 5.79. The molecule has 0 aromatic heterocycles. The number of carbonyl (C=O) groups excluding carboxylic acids is 1. The lowest BCUT2D eigenvalue weighted by molar-refractivity contribution is -0.146. The Labute approximate surface area is 102 Å². The van der Waals surface area contributed by atoms with Gasteiger partial charge in [-0.1, -0.05) is 0 Å². The summed E-state index contributed by atoms with van der Waals surface area (Å²) in [5.41, 5.74) is 0. The van der Waals surface area contributed by atoms with Crippen LogP contribution in [0.1, 0.15) is 13.8 Å². The maximum absolute atomic E-state index is 11.5. The smallest absolute Gasteiger partial charge is 0.317 e. The fourth-order valence-electron chi connectivity index (χ4n) is 1.51. The lowest BCUT2D eigenvalue weighted by Gasteiger charge is -2.36. The topological polar surface area (TPSA) is 72.9 Å². The van der Waals surface area contributed by atoms with Gasteiger partial charge >= 0.3 is 12.0 Å². The summed E-state index contributed by atoms with van der Waals surface area (Å²) in [6.07, 6.45) is 0. The number of hydrogen-bond donors (Lipinski definition) is 2. The summed E-state index contributed by atoms with van der Waals surface area (Å²) < 4.78 is 0. The minimum atomic E-state index is -0.825. The van der Waals surface area contributed by atoms with Gasteiger partial charge in [-0.25, -0.2) is 4.79 Å². The van der Waals surface area contributed by atoms with Gasteiger partial charge in [0.25, 0.3) is 0 Å². The molecule has 17 heavy (non-hydrogen) atoms. The lowest BCUT2D eigenvalue weighted by Crippen LogP contribution is -2.56. The summed E-state index contributed by atoms with van der Waals surface area (Å²) in [5.74, 6) is -1.22. The number of rotatable bonds is 5. The Morgan fingerprint density at radius 3 is 2.53 bits per heavy atom. The molecule has 1 saturated heterocycles. The van der Waals surface area contributed by atoms with E-state index in [-0.39, 0.29) is 11.9 Å². The molecule has 0 radical (unpaired) electrons. The number of amides is 2. The van der Waals surface area contributed by atoms with E-state index in [9.17, 15) is 9.59 Å². The van der Waals surface area contributed by atoms with E-state index >= 15 is 0 Å². The van der Waals surface area contributed by atoms with Crippen LogP contribution >= 0.6 is 0 Å².